The summed E-state index contributed by atoms with van der Waals surface area (Å²) in [5, 5.41) is 2.74. The average Bonchev–Trinajstić information content (AvgIpc) is 2.72. The van der Waals surface area contributed by atoms with Crippen LogP contribution in [0, 0.1) is 6.92 Å². The molecule has 0 aliphatic carbocycles. The first-order valence-corrected chi connectivity index (χ1v) is 6.60. The third kappa shape index (κ3) is 3.01. The van der Waals surface area contributed by atoms with Crippen molar-refractivity contribution in [2.24, 2.45) is 0 Å². The average molecular weight is 299 g/mol. The molecule has 4 nitrogen and oxygen atoms in total. The minimum atomic E-state index is -4.46. The van der Waals surface area contributed by atoms with Crippen LogP contribution in [-0.4, -0.2) is 21.3 Å². The largest absolute Gasteiger partial charge is 0.417 e. The van der Waals surface area contributed by atoms with Crippen LogP contribution in [0.2, 0.25) is 0 Å². The first-order valence-electron chi connectivity index (χ1n) is 6.60. The van der Waals surface area contributed by atoms with Crippen molar-refractivity contribution in [3.63, 3.8) is 0 Å². The van der Waals surface area contributed by atoms with Gasteiger partial charge in [0.1, 0.15) is 11.3 Å². The van der Waals surface area contributed by atoms with Gasteiger partial charge in [-0.3, -0.25) is 9.20 Å². The Morgan fingerprint density at radius 2 is 2.10 bits per heavy atom. The van der Waals surface area contributed by atoms with E-state index in [9.17, 15) is 18.0 Å². The van der Waals surface area contributed by atoms with Crippen LogP contribution in [-0.2, 0) is 6.18 Å². The van der Waals surface area contributed by atoms with Crippen molar-refractivity contribution in [1.82, 2.24) is 14.7 Å². The molecule has 0 spiro atoms. The molecule has 0 fully saturated rings. The molecule has 0 saturated heterocycles. The number of aromatic nitrogens is 2. The molecular weight excluding hydrogens is 283 g/mol. The topological polar surface area (TPSA) is 46.4 Å². The van der Waals surface area contributed by atoms with Crippen molar-refractivity contribution >= 4 is 11.6 Å². The molecule has 7 heteroatoms. The van der Waals surface area contributed by atoms with Gasteiger partial charge in [-0.25, -0.2) is 4.98 Å². The molecule has 2 aromatic heterocycles. The zero-order chi connectivity index (χ0) is 15.8. The van der Waals surface area contributed by atoms with Crippen LogP contribution in [0.3, 0.4) is 0 Å². The number of hydrogen-bond donors (Lipinski definition) is 1. The smallest absolute Gasteiger partial charge is 0.348 e. The molecule has 0 aliphatic rings. The Kier molecular flexibility index (Phi) is 3.93. The lowest BCUT2D eigenvalue weighted by Gasteiger charge is -2.12. The van der Waals surface area contributed by atoms with Gasteiger partial charge in [-0.15, -0.1) is 0 Å². The van der Waals surface area contributed by atoms with Gasteiger partial charge in [-0.2, -0.15) is 13.2 Å². The maximum Gasteiger partial charge on any atom is 0.417 e. The Morgan fingerprint density at radius 3 is 2.67 bits per heavy atom. The number of pyridine rings is 1. The number of halogens is 3. The lowest BCUT2D eigenvalue weighted by atomic mass is 10.2. The molecule has 0 radical (unpaired) electrons. The van der Waals surface area contributed by atoms with Gasteiger partial charge in [0.2, 0.25) is 0 Å². The molecule has 2 aromatic rings. The summed E-state index contributed by atoms with van der Waals surface area (Å²) in [6.45, 7) is 5.34. The van der Waals surface area contributed by atoms with E-state index in [1.54, 1.807) is 6.92 Å². The van der Waals surface area contributed by atoms with E-state index in [-0.39, 0.29) is 11.7 Å². The van der Waals surface area contributed by atoms with Gasteiger partial charge in [0.05, 0.1) is 11.3 Å². The third-order valence-electron chi connectivity index (χ3n) is 3.33. The highest BCUT2D eigenvalue weighted by molar-refractivity contribution is 5.94. The van der Waals surface area contributed by atoms with Gasteiger partial charge in [-0.1, -0.05) is 6.92 Å². The number of imidazole rings is 1. The molecule has 1 unspecified atom stereocenters. The first-order chi connectivity index (χ1) is 9.74. The quantitative estimate of drug-likeness (QED) is 0.946. The molecule has 2 rings (SSSR count). The summed E-state index contributed by atoms with van der Waals surface area (Å²) in [5.41, 5.74) is 0.0336. The highest BCUT2D eigenvalue weighted by Crippen LogP contribution is 2.29. The first kappa shape index (κ1) is 15.3. The number of hydrogen-bond acceptors (Lipinski definition) is 2. The third-order valence-corrected chi connectivity index (χ3v) is 3.33. The number of rotatable bonds is 3. The Morgan fingerprint density at radius 1 is 1.43 bits per heavy atom. The van der Waals surface area contributed by atoms with E-state index >= 15 is 0 Å². The van der Waals surface area contributed by atoms with Gasteiger partial charge in [-0.05, 0) is 32.4 Å². The molecule has 114 valence electrons. The van der Waals surface area contributed by atoms with E-state index in [2.05, 4.69) is 10.3 Å². The SMILES string of the molecule is CCC(C)NC(=O)c1c(C)nc2ccc(C(F)(F)F)cn12. The Hall–Kier alpha value is -2.05. The Balaban J connectivity index is 2.52. The van der Waals surface area contributed by atoms with Crippen molar-refractivity contribution in [3.8, 4) is 0 Å². The second-order valence-electron chi connectivity index (χ2n) is 4.97. The van der Waals surface area contributed by atoms with Crippen LogP contribution in [0.25, 0.3) is 5.65 Å². The second kappa shape index (κ2) is 5.38. The summed E-state index contributed by atoms with van der Waals surface area (Å²) in [5.74, 6) is -0.423. The number of carbonyl (C=O) groups excluding carboxylic acids is 1. The van der Waals surface area contributed by atoms with E-state index in [0.717, 1.165) is 18.7 Å². The van der Waals surface area contributed by atoms with Crippen molar-refractivity contribution < 1.29 is 18.0 Å². The van der Waals surface area contributed by atoms with E-state index in [1.165, 1.54) is 10.5 Å². The van der Waals surface area contributed by atoms with Gasteiger partial charge < -0.3 is 5.32 Å². The molecule has 0 aliphatic heterocycles. The standard InChI is InChI=1S/C14H16F3N3O/c1-4-8(2)18-13(21)12-9(3)19-11-6-5-10(7-20(11)12)14(15,16)17/h5-8H,4H2,1-3H3,(H,18,21). The lowest BCUT2D eigenvalue weighted by molar-refractivity contribution is -0.137. The summed E-state index contributed by atoms with van der Waals surface area (Å²) in [6, 6.07) is 2.15. The summed E-state index contributed by atoms with van der Waals surface area (Å²) < 4.78 is 39.5. The van der Waals surface area contributed by atoms with Crippen molar-refractivity contribution in [1.29, 1.82) is 0 Å². The Bertz CT molecular complexity index is 676. The van der Waals surface area contributed by atoms with Crippen LogP contribution < -0.4 is 5.32 Å². The van der Waals surface area contributed by atoms with Crippen molar-refractivity contribution in [3.05, 3.63) is 35.3 Å². The second-order valence-corrected chi connectivity index (χ2v) is 4.97. The van der Waals surface area contributed by atoms with Gasteiger partial charge >= 0.3 is 6.18 Å². The van der Waals surface area contributed by atoms with E-state index < -0.39 is 17.6 Å². The van der Waals surface area contributed by atoms with E-state index in [4.69, 9.17) is 0 Å². The monoisotopic (exact) mass is 299 g/mol. The summed E-state index contributed by atoms with van der Waals surface area (Å²) in [4.78, 5) is 16.3. The van der Waals surface area contributed by atoms with Crippen LogP contribution in [0.1, 0.15) is 42.0 Å². The van der Waals surface area contributed by atoms with E-state index in [0.29, 0.717) is 11.3 Å². The number of amides is 1. The highest BCUT2D eigenvalue weighted by atomic mass is 19.4. The zero-order valence-corrected chi connectivity index (χ0v) is 12.0. The molecule has 2 heterocycles. The van der Waals surface area contributed by atoms with Crippen LogP contribution in [0.15, 0.2) is 18.3 Å². The van der Waals surface area contributed by atoms with Gasteiger partial charge in [0, 0.05) is 12.2 Å². The highest BCUT2D eigenvalue weighted by Gasteiger charge is 2.31. The van der Waals surface area contributed by atoms with Crippen LogP contribution >= 0.6 is 0 Å². The number of alkyl halides is 3. The zero-order valence-electron chi connectivity index (χ0n) is 12.0. The number of aryl methyl sites for hydroxylation is 1. The molecule has 21 heavy (non-hydrogen) atoms. The minimum absolute atomic E-state index is 0.0618. The maximum absolute atomic E-state index is 12.8. The summed E-state index contributed by atoms with van der Waals surface area (Å²) in [7, 11) is 0. The molecule has 1 atom stereocenters. The Labute approximate surface area is 120 Å². The van der Waals surface area contributed by atoms with Crippen LogP contribution in [0.5, 0.6) is 0 Å². The van der Waals surface area contributed by atoms with Gasteiger partial charge in [0.15, 0.2) is 0 Å². The normalized spacial score (nSPS) is 13.4. The fraction of sp³-hybridized carbons (Fsp3) is 0.429. The fourth-order valence-electron chi connectivity index (χ4n) is 2.00. The maximum atomic E-state index is 12.8. The lowest BCUT2D eigenvalue weighted by Crippen LogP contribution is -2.33. The molecule has 1 N–H and O–H groups in total. The summed E-state index contributed by atoms with van der Waals surface area (Å²) in [6.07, 6.45) is -2.83. The number of nitrogens with one attached hydrogen (secondary N) is 1. The number of nitrogens with zero attached hydrogens (tertiary/aromatic N) is 2. The van der Waals surface area contributed by atoms with E-state index in [1.807, 2.05) is 13.8 Å². The van der Waals surface area contributed by atoms with Crippen molar-refractivity contribution in [2.45, 2.75) is 39.4 Å². The molecule has 0 saturated carbocycles. The molecule has 0 aromatic carbocycles. The van der Waals surface area contributed by atoms with Gasteiger partial charge in [0.25, 0.3) is 5.91 Å². The van der Waals surface area contributed by atoms with Crippen molar-refractivity contribution in [2.75, 3.05) is 0 Å². The molecule has 1 amide bonds. The predicted octanol–water partition coefficient (Wildman–Crippen LogP) is 3.19. The summed E-state index contributed by atoms with van der Waals surface area (Å²) >= 11 is 0. The number of fused-ring (bicyclic) bond motifs is 1. The van der Waals surface area contributed by atoms with Crippen LogP contribution in [0.4, 0.5) is 13.2 Å². The molecule has 0 bridgehead atoms. The molecular formula is C14H16F3N3O. The predicted molar refractivity (Wildman–Crippen MR) is 72.2 cm³/mol. The minimum Gasteiger partial charge on any atom is -0.348 e. The fourth-order valence-corrected chi connectivity index (χ4v) is 2.00. The number of carbonyl (C=O) groups is 1.